The molecule has 1 atom stereocenters. The number of rotatable bonds is 4. The van der Waals surface area contributed by atoms with E-state index in [1.165, 1.54) is 5.01 Å². The standard InChI is InChI=1S/C26H20ClN3O2S2/c27-22-13-10-20(11-14-22)25-24(19-7-2-1-3-8-19)17-30(28-25)26(33)29-34(31,32)23-15-12-18-6-4-5-9-21(18)16-23/h1-16,24H,17H2,(H,29,33). The normalized spacial score (nSPS) is 15.9. The molecule has 4 aromatic carbocycles. The summed E-state index contributed by atoms with van der Waals surface area (Å²) in [6, 6.07) is 30.0. The Morgan fingerprint density at radius 2 is 1.59 bits per heavy atom. The fourth-order valence-corrected chi connectivity index (χ4v) is 5.57. The molecular weight excluding hydrogens is 486 g/mol. The molecule has 1 aliphatic rings. The van der Waals surface area contributed by atoms with Gasteiger partial charge in [-0.05, 0) is 58.4 Å². The maximum atomic E-state index is 13.1. The number of hydrazone groups is 1. The van der Waals surface area contributed by atoms with Gasteiger partial charge in [0.1, 0.15) is 0 Å². The van der Waals surface area contributed by atoms with Crippen LogP contribution in [0.2, 0.25) is 5.02 Å². The highest BCUT2D eigenvalue weighted by molar-refractivity contribution is 7.91. The van der Waals surface area contributed by atoms with Gasteiger partial charge < -0.3 is 0 Å². The average molecular weight is 506 g/mol. The molecule has 8 heteroatoms. The van der Waals surface area contributed by atoms with E-state index in [0.29, 0.717) is 11.6 Å². The van der Waals surface area contributed by atoms with Crippen molar-refractivity contribution in [3.63, 3.8) is 0 Å². The first-order valence-electron chi connectivity index (χ1n) is 10.6. The first kappa shape index (κ1) is 22.5. The molecule has 0 bridgehead atoms. The van der Waals surface area contributed by atoms with Crippen LogP contribution in [0.5, 0.6) is 0 Å². The molecule has 1 N–H and O–H groups in total. The van der Waals surface area contributed by atoms with Crippen LogP contribution in [0.25, 0.3) is 10.8 Å². The molecule has 4 aromatic rings. The molecule has 5 rings (SSSR count). The molecule has 170 valence electrons. The molecule has 5 nitrogen and oxygen atoms in total. The van der Waals surface area contributed by atoms with E-state index in [4.69, 9.17) is 28.9 Å². The molecule has 1 heterocycles. The van der Waals surface area contributed by atoms with Gasteiger partial charge in [-0.3, -0.25) is 4.72 Å². The minimum absolute atomic E-state index is 0.0260. The van der Waals surface area contributed by atoms with Crippen LogP contribution in [0.3, 0.4) is 0 Å². The zero-order chi connectivity index (χ0) is 23.7. The summed E-state index contributed by atoms with van der Waals surface area (Å²) in [6.07, 6.45) is 0. The molecule has 0 aromatic heterocycles. The highest BCUT2D eigenvalue weighted by Gasteiger charge is 2.32. The van der Waals surface area contributed by atoms with Gasteiger partial charge in [0.15, 0.2) is 0 Å². The predicted octanol–water partition coefficient (Wildman–Crippen LogP) is 5.56. The Bertz CT molecular complexity index is 1500. The van der Waals surface area contributed by atoms with Crippen molar-refractivity contribution in [1.82, 2.24) is 9.73 Å². The van der Waals surface area contributed by atoms with Gasteiger partial charge in [0.05, 0.1) is 17.2 Å². The third-order valence-electron chi connectivity index (χ3n) is 5.74. The van der Waals surface area contributed by atoms with Crippen LogP contribution < -0.4 is 4.72 Å². The van der Waals surface area contributed by atoms with Gasteiger partial charge in [-0.2, -0.15) is 5.10 Å². The van der Waals surface area contributed by atoms with Gasteiger partial charge in [0.25, 0.3) is 10.0 Å². The topological polar surface area (TPSA) is 61.8 Å². The largest absolute Gasteiger partial charge is 0.263 e. The van der Waals surface area contributed by atoms with Crippen LogP contribution in [-0.4, -0.2) is 30.8 Å². The first-order chi connectivity index (χ1) is 16.4. The van der Waals surface area contributed by atoms with E-state index in [1.54, 1.807) is 18.2 Å². The lowest BCUT2D eigenvalue weighted by Gasteiger charge is -2.18. The fraction of sp³-hybridized carbons (Fsp3) is 0.0769. The number of sulfonamides is 1. The molecule has 0 amide bonds. The van der Waals surface area contributed by atoms with E-state index >= 15 is 0 Å². The zero-order valence-electron chi connectivity index (χ0n) is 17.9. The van der Waals surface area contributed by atoms with Crippen molar-refractivity contribution in [2.24, 2.45) is 5.10 Å². The summed E-state index contributed by atoms with van der Waals surface area (Å²) in [5.74, 6) is -0.0782. The van der Waals surface area contributed by atoms with Gasteiger partial charge in [0.2, 0.25) is 5.11 Å². The number of benzene rings is 4. The second kappa shape index (κ2) is 9.18. The quantitative estimate of drug-likeness (QED) is 0.369. The third kappa shape index (κ3) is 4.55. The van der Waals surface area contributed by atoms with Crippen molar-refractivity contribution < 1.29 is 8.42 Å². The highest BCUT2D eigenvalue weighted by atomic mass is 35.5. The SMILES string of the molecule is O=S(=O)(NC(=S)N1CC(c2ccccc2)C(c2ccc(Cl)cc2)=N1)c1ccc2ccccc2c1. The second-order valence-corrected chi connectivity index (χ2v) is 10.5. The van der Waals surface area contributed by atoms with Gasteiger partial charge in [0, 0.05) is 10.9 Å². The molecule has 1 aliphatic heterocycles. The van der Waals surface area contributed by atoms with Crippen LogP contribution >= 0.6 is 23.8 Å². The van der Waals surface area contributed by atoms with E-state index in [2.05, 4.69) is 4.72 Å². The average Bonchev–Trinajstić information content (AvgIpc) is 3.30. The lowest BCUT2D eigenvalue weighted by Crippen LogP contribution is -2.39. The van der Waals surface area contributed by atoms with E-state index < -0.39 is 10.0 Å². The lowest BCUT2D eigenvalue weighted by molar-refractivity contribution is 0.472. The number of hydrogen-bond acceptors (Lipinski definition) is 4. The molecule has 0 aliphatic carbocycles. The predicted molar refractivity (Wildman–Crippen MR) is 141 cm³/mol. The van der Waals surface area contributed by atoms with E-state index in [1.807, 2.05) is 78.9 Å². The van der Waals surface area contributed by atoms with Gasteiger partial charge >= 0.3 is 0 Å². The summed E-state index contributed by atoms with van der Waals surface area (Å²) in [5.41, 5.74) is 2.77. The number of halogens is 1. The van der Waals surface area contributed by atoms with Crippen molar-refractivity contribution in [3.05, 3.63) is 113 Å². The third-order valence-corrected chi connectivity index (χ3v) is 7.77. The maximum Gasteiger partial charge on any atom is 0.263 e. The van der Waals surface area contributed by atoms with Crippen molar-refractivity contribution >= 4 is 55.4 Å². The van der Waals surface area contributed by atoms with Crippen LogP contribution in [0.4, 0.5) is 0 Å². The van der Waals surface area contributed by atoms with Gasteiger partial charge in [-0.1, -0.05) is 84.4 Å². The smallest absolute Gasteiger partial charge is 0.254 e. The van der Waals surface area contributed by atoms with Crippen molar-refractivity contribution in [3.8, 4) is 0 Å². The molecule has 0 radical (unpaired) electrons. The number of nitrogens with zero attached hydrogens (tertiary/aromatic N) is 2. The summed E-state index contributed by atoms with van der Waals surface area (Å²) in [4.78, 5) is 0.147. The molecule has 0 saturated heterocycles. The van der Waals surface area contributed by atoms with E-state index in [0.717, 1.165) is 27.6 Å². The molecule has 0 saturated carbocycles. The van der Waals surface area contributed by atoms with Crippen molar-refractivity contribution in [1.29, 1.82) is 0 Å². The summed E-state index contributed by atoms with van der Waals surface area (Å²) < 4.78 is 28.7. The van der Waals surface area contributed by atoms with E-state index in [9.17, 15) is 8.42 Å². The Morgan fingerprint density at radius 3 is 2.32 bits per heavy atom. The van der Waals surface area contributed by atoms with Crippen LogP contribution in [0, 0.1) is 0 Å². The molecule has 1 unspecified atom stereocenters. The van der Waals surface area contributed by atoms with Crippen LogP contribution in [0.15, 0.2) is 107 Å². The van der Waals surface area contributed by atoms with Crippen LogP contribution in [0.1, 0.15) is 17.0 Å². The minimum Gasteiger partial charge on any atom is -0.254 e. The summed E-state index contributed by atoms with van der Waals surface area (Å²) in [6.45, 7) is 0.418. The molecule has 0 fully saturated rings. The number of thiocarbonyl (C=S) groups is 1. The number of nitrogens with one attached hydrogen (secondary N) is 1. The summed E-state index contributed by atoms with van der Waals surface area (Å²) in [5, 5.41) is 8.71. The van der Waals surface area contributed by atoms with Gasteiger partial charge in [-0.15, -0.1) is 0 Å². The number of fused-ring (bicyclic) bond motifs is 1. The summed E-state index contributed by atoms with van der Waals surface area (Å²) >= 11 is 11.6. The van der Waals surface area contributed by atoms with Gasteiger partial charge in [-0.25, -0.2) is 13.4 Å². The Hall–Kier alpha value is -3.26. The monoisotopic (exact) mass is 505 g/mol. The molecule has 34 heavy (non-hydrogen) atoms. The Morgan fingerprint density at radius 1 is 0.912 bits per heavy atom. The first-order valence-corrected chi connectivity index (χ1v) is 12.9. The fourth-order valence-electron chi connectivity index (χ4n) is 4.02. The van der Waals surface area contributed by atoms with Crippen molar-refractivity contribution in [2.45, 2.75) is 10.8 Å². The van der Waals surface area contributed by atoms with E-state index in [-0.39, 0.29) is 15.9 Å². The Labute approximate surface area is 208 Å². The molecule has 0 spiro atoms. The Balaban J connectivity index is 1.44. The zero-order valence-corrected chi connectivity index (χ0v) is 20.3. The second-order valence-electron chi connectivity index (χ2n) is 7.96. The lowest BCUT2D eigenvalue weighted by atomic mass is 9.91. The molecular formula is C26H20ClN3O2S2. The highest BCUT2D eigenvalue weighted by Crippen LogP contribution is 2.29. The van der Waals surface area contributed by atoms with Crippen LogP contribution in [-0.2, 0) is 10.0 Å². The number of hydrogen-bond donors (Lipinski definition) is 1. The Kier molecular flexibility index (Phi) is 6.08. The maximum absolute atomic E-state index is 13.1. The minimum atomic E-state index is -3.88. The van der Waals surface area contributed by atoms with Crippen molar-refractivity contribution in [2.75, 3.05) is 6.54 Å². The summed E-state index contributed by atoms with van der Waals surface area (Å²) in [7, 11) is -3.88.